The van der Waals surface area contributed by atoms with E-state index in [9.17, 15) is 9.59 Å². The van der Waals surface area contributed by atoms with Crippen LogP contribution in [0.15, 0.2) is 48.7 Å². The Morgan fingerprint density at radius 3 is 2.78 bits per heavy atom. The minimum absolute atomic E-state index is 0.0557. The van der Waals surface area contributed by atoms with Crippen LogP contribution in [0.25, 0.3) is 0 Å². The fourth-order valence-corrected chi connectivity index (χ4v) is 3.52. The van der Waals surface area contributed by atoms with Crippen molar-refractivity contribution in [3.8, 4) is 5.75 Å². The molecular formula is C21H25N3O3. The van der Waals surface area contributed by atoms with Crippen molar-refractivity contribution >= 4 is 11.8 Å². The standard InChI is InChI=1S/C21H25N3O3/c1-3-20(25)24-13-18(15-7-6-9-17(11-15)27-2)19(14-24)21(26)23-12-16-8-4-5-10-22-16/h4-11,18-19H,3,12-14H2,1-2H3,(H,23,26)/t18-,19-/m1/s1. The Kier molecular flexibility index (Phi) is 6.06. The summed E-state index contributed by atoms with van der Waals surface area (Å²) >= 11 is 0. The number of likely N-dealkylation sites (tertiary alicyclic amines) is 1. The lowest BCUT2D eigenvalue weighted by molar-refractivity contribution is -0.130. The predicted molar refractivity (Wildman–Crippen MR) is 102 cm³/mol. The molecule has 2 atom stereocenters. The van der Waals surface area contributed by atoms with E-state index >= 15 is 0 Å². The Morgan fingerprint density at radius 1 is 1.22 bits per heavy atom. The number of ether oxygens (including phenoxy) is 1. The number of nitrogens with zero attached hydrogens (tertiary/aromatic N) is 2. The first kappa shape index (κ1) is 18.9. The van der Waals surface area contributed by atoms with E-state index in [4.69, 9.17) is 4.74 Å². The summed E-state index contributed by atoms with van der Waals surface area (Å²) in [7, 11) is 1.62. The molecule has 0 unspecified atom stereocenters. The SMILES string of the molecule is CCC(=O)N1C[C@H](c2cccc(OC)c2)[C@H](C(=O)NCc2ccccn2)C1. The third kappa shape index (κ3) is 4.45. The summed E-state index contributed by atoms with van der Waals surface area (Å²) in [6.07, 6.45) is 2.14. The number of pyridine rings is 1. The Morgan fingerprint density at radius 2 is 2.07 bits per heavy atom. The number of benzene rings is 1. The van der Waals surface area contributed by atoms with Crippen LogP contribution in [-0.4, -0.2) is 41.9 Å². The first-order valence-corrected chi connectivity index (χ1v) is 9.21. The van der Waals surface area contributed by atoms with E-state index in [2.05, 4.69) is 10.3 Å². The number of carbonyl (C=O) groups is 2. The molecule has 27 heavy (non-hydrogen) atoms. The van der Waals surface area contributed by atoms with Crippen LogP contribution in [-0.2, 0) is 16.1 Å². The Labute approximate surface area is 159 Å². The molecule has 0 spiro atoms. The first-order valence-electron chi connectivity index (χ1n) is 9.21. The molecule has 0 aliphatic carbocycles. The van der Waals surface area contributed by atoms with Crippen molar-refractivity contribution in [3.05, 3.63) is 59.9 Å². The molecule has 6 heteroatoms. The van der Waals surface area contributed by atoms with Gasteiger partial charge in [-0.25, -0.2) is 0 Å². The zero-order chi connectivity index (χ0) is 19.2. The van der Waals surface area contributed by atoms with Crippen LogP contribution in [0.1, 0.15) is 30.5 Å². The number of methoxy groups -OCH3 is 1. The Balaban J connectivity index is 1.78. The lowest BCUT2D eigenvalue weighted by atomic mass is 9.88. The van der Waals surface area contributed by atoms with Gasteiger partial charge in [0.15, 0.2) is 0 Å². The number of aromatic nitrogens is 1. The molecule has 0 saturated carbocycles. The van der Waals surface area contributed by atoms with Gasteiger partial charge in [-0.05, 0) is 29.8 Å². The van der Waals surface area contributed by atoms with Crippen LogP contribution in [0, 0.1) is 5.92 Å². The number of carbonyl (C=O) groups excluding carboxylic acids is 2. The lowest BCUT2D eigenvalue weighted by Gasteiger charge is -2.18. The average Bonchev–Trinajstić information content (AvgIpc) is 3.18. The highest BCUT2D eigenvalue weighted by molar-refractivity contribution is 5.83. The van der Waals surface area contributed by atoms with E-state index in [1.54, 1.807) is 18.2 Å². The second kappa shape index (κ2) is 8.66. The summed E-state index contributed by atoms with van der Waals surface area (Å²) in [4.78, 5) is 31.2. The summed E-state index contributed by atoms with van der Waals surface area (Å²) in [6.45, 7) is 3.20. The molecule has 6 nitrogen and oxygen atoms in total. The average molecular weight is 367 g/mol. The lowest BCUT2D eigenvalue weighted by Crippen LogP contribution is -2.35. The largest absolute Gasteiger partial charge is 0.497 e. The van der Waals surface area contributed by atoms with Crippen molar-refractivity contribution < 1.29 is 14.3 Å². The summed E-state index contributed by atoms with van der Waals surface area (Å²) < 4.78 is 5.32. The van der Waals surface area contributed by atoms with E-state index in [-0.39, 0.29) is 23.7 Å². The normalized spacial score (nSPS) is 19.0. The number of hydrogen-bond donors (Lipinski definition) is 1. The van der Waals surface area contributed by atoms with Crippen molar-refractivity contribution in [1.82, 2.24) is 15.2 Å². The zero-order valence-electron chi connectivity index (χ0n) is 15.7. The molecule has 1 aliphatic heterocycles. The molecular weight excluding hydrogens is 342 g/mol. The molecule has 142 valence electrons. The van der Waals surface area contributed by atoms with Gasteiger partial charge in [-0.3, -0.25) is 14.6 Å². The van der Waals surface area contributed by atoms with Gasteiger partial charge in [0, 0.05) is 31.6 Å². The van der Waals surface area contributed by atoms with Gasteiger partial charge in [-0.2, -0.15) is 0 Å². The highest BCUT2D eigenvalue weighted by Crippen LogP contribution is 2.34. The van der Waals surface area contributed by atoms with Gasteiger partial charge >= 0.3 is 0 Å². The molecule has 1 aromatic carbocycles. The van der Waals surface area contributed by atoms with E-state index in [0.717, 1.165) is 17.0 Å². The van der Waals surface area contributed by atoms with Crippen molar-refractivity contribution in [3.63, 3.8) is 0 Å². The topological polar surface area (TPSA) is 71.5 Å². The molecule has 2 heterocycles. The van der Waals surface area contributed by atoms with Gasteiger partial charge in [-0.15, -0.1) is 0 Å². The molecule has 0 radical (unpaired) electrons. The van der Waals surface area contributed by atoms with E-state index < -0.39 is 0 Å². The molecule has 1 N–H and O–H groups in total. The van der Waals surface area contributed by atoms with Crippen molar-refractivity contribution in [2.45, 2.75) is 25.8 Å². The smallest absolute Gasteiger partial charge is 0.225 e. The maximum absolute atomic E-state index is 12.9. The number of rotatable bonds is 6. The second-order valence-corrected chi connectivity index (χ2v) is 6.68. The first-order chi connectivity index (χ1) is 13.1. The van der Waals surface area contributed by atoms with E-state index in [1.807, 2.05) is 49.4 Å². The monoisotopic (exact) mass is 367 g/mol. The van der Waals surface area contributed by atoms with Gasteiger partial charge < -0.3 is 15.0 Å². The van der Waals surface area contributed by atoms with Crippen LogP contribution in [0.2, 0.25) is 0 Å². The number of amides is 2. The van der Waals surface area contributed by atoms with E-state index in [1.165, 1.54) is 0 Å². The molecule has 2 amide bonds. The summed E-state index contributed by atoms with van der Waals surface area (Å²) in [5.41, 5.74) is 1.82. The zero-order valence-corrected chi connectivity index (χ0v) is 15.7. The fourth-order valence-electron chi connectivity index (χ4n) is 3.52. The maximum Gasteiger partial charge on any atom is 0.225 e. The van der Waals surface area contributed by atoms with Crippen LogP contribution < -0.4 is 10.1 Å². The van der Waals surface area contributed by atoms with Crippen LogP contribution in [0.4, 0.5) is 0 Å². The second-order valence-electron chi connectivity index (χ2n) is 6.68. The van der Waals surface area contributed by atoms with Gasteiger partial charge in [0.2, 0.25) is 11.8 Å². The molecule has 1 aliphatic rings. The summed E-state index contributed by atoms with van der Waals surface area (Å²) in [5.74, 6) is 0.416. The van der Waals surface area contributed by atoms with Crippen LogP contribution in [0.3, 0.4) is 0 Å². The van der Waals surface area contributed by atoms with Gasteiger partial charge in [0.1, 0.15) is 5.75 Å². The quantitative estimate of drug-likeness (QED) is 0.851. The fraction of sp³-hybridized carbons (Fsp3) is 0.381. The number of hydrogen-bond acceptors (Lipinski definition) is 4. The minimum atomic E-state index is -0.295. The van der Waals surface area contributed by atoms with Crippen molar-refractivity contribution in [2.24, 2.45) is 5.92 Å². The minimum Gasteiger partial charge on any atom is -0.497 e. The molecule has 0 bridgehead atoms. The third-order valence-electron chi connectivity index (χ3n) is 5.00. The third-order valence-corrected chi connectivity index (χ3v) is 5.00. The van der Waals surface area contributed by atoms with E-state index in [0.29, 0.717) is 26.1 Å². The van der Waals surface area contributed by atoms with Gasteiger partial charge in [0.25, 0.3) is 0 Å². The predicted octanol–water partition coefficient (Wildman–Crippen LogP) is 2.36. The van der Waals surface area contributed by atoms with Crippen LogP contribution >= 0.6 is 0 Å². The molecule has 1 aromatic heterocycles. The van der Waals surface area contributed by atoms with Gasteiger partial charge in [0.05, 0.1) is 25.3 Å². The molecule has 1 fully saturated rings. The highest BCUT2D eigenvalue weighted by Gasteiger charge is 2.40. The molecule has 2 aromatic rings. The summed E-state index contributed by atoms with van der Waals surface area (Å²) in [5, 5.41) is 2.98. The van der Waals surface area contributed by atoms with Crippen molar-refractivity contribution in [2.75, 3.05) is 20.2 Å². The maximum atomic E-state index is 12.9. The Bertz CT molecular complexity index is 794. The number of nitrogens with one attached hydrogen (secondary N) is 1. The van der Waals surface area contributed by atoms with Crippen LogP contribution in [0.5, 0.6) is 5.75 Å². The molecule has 1 saturated heterocycles. The van der Waals surface area contributed by atoms with Crippen molar-refractivity contribution in [1.29, 1.82) is 0 Å². The highest BCUT2D eigenvalue weighted by atomic mass is 16.5. The summed E-state index contributed by atoms with van der Waals surface area (Å²) in [6, 6.07) is 13.3. The Hall–Kier alpha value is -2.89. The molecule has 3 rings (SSSR count). The van der Waals surface area contributed by atoms with Gasteiger partial charge in [-0.1, -0.05) is 25.1 Å².